The van der Waals surface area contributed by atoms with Crippen LogP contribution in [0.25, 0.3) is 11.3 Å². The molecule has 0 saturated heterocycles. The number of hydrogen-bond donors (Lipinski definition) is 1. The first-order valence-corrected chi connectivity index (χ1v) is 6.11. The molecule has 1 N–H and O–H groups in total. The number of benzene rings is 1. The van der Waals surface area contributed by atoms with E-state index in [1.807, 2.05) is 0 Å². The lowest BCUT2D eigenvalue weighted by Gasteiger charge is -2.01. The van der Waals surface area contributed by atoms with Crippen LogP contribution in [-0.2, 0) is 13.5 Å². The molecular formula is C12H11BrF2N2O. The van der Waals surface area contributed by atoms with E-state index in [-0.39, 0.29) is 12.2 Å². The molecule has 0 unspecified atom stereocenters. The van der Waals surface area contributed by atoms with Crippen molar-refractivity contribution in [3.63, 3.8) is 0 Å². The van der Waals surface area contributed by atoms with Crippen LogP contribution in [0.5, 0.6) is 0 Å². The topological polar surface area (TPSA) is 38.0 Å². The number of imidazole rings is 1. The Labute approximate surface area is 111 Å². The van der Waals surface area contributed by atoms with Gasteiger partial charge in [-0.05, 0) is 28.1 Å². The molecule has 1 aromatic carbocycles. The molecule has 6 heteroatoms. The minimum atomic E-state index is -0.663. The van der Waals surface area contributed by atoms with Crippen molar-refractivity contribution in [1.29, 1.82) is 0 Å². The SMILES string of the molecule is Cn1c(CCO)nc(-c2ccc(F)cc2F)c1Br. The van der Waals surface area contributed by atoms with Gasteiger partial charge in [-0.15, -0.1) is 0 Å². The lowest BCUT2D eigenvalue weighted by molar-refractivity contribution is 0.295. The fourth-order valence-electron chi connectivity index (χ4n) is 1.70. The molecular weight excluding hydrogens is 306 g/mol. The van der Waals surface area contributed by atoms with Crippen molar-refractivity contribution in [2.45, 2.75) is 6.42 Å². The summed E-state index contributed by atoms with van der Waals surface area (Å²) in [6, 6.07) is 3.36. The highest BCUT2D eigenvalue weighted by atomic mass is 79.9. The van der Waals surface area contributed by atoms with E-state index < -0.39 is 11.6 Å². The van der Waals surface area contributed by atoms with Crippen LogP contribution in [0.4, 0.5) is 8.78 Å². The van der Waals surface area contributed by atoms with Crippen LogP contribution in [0.1, 0.15) is 5.82 Å². The highest BCUT2D eigenvalue weighted by Gasteiger charge is 2.17. The molecule has 0 radical (unpaired) electrons. The average molecular weight is 317 g/mol. The molecule has 2 rings (SSSR count). The van der Waals surface area contributed by atoms with E-state index in [1.165, 1.54) is 12.1 Å². The van der Waals surface area contributed by atoms with Gasteiger partial charge in [0.1, 0.15) is 27.8 Å². The molecule has 0 aliphatic carbocycles. The number of aliphatic hydroxyl groups excluding tert-OH is 1. The summed E-state index contributed by atoms with van der Waals surface area (Å²) < 4.78 is 28.9. The van der Waals surface area contributed by atoms with E-state index in [1.54, 1.807) is 11.6 Å². The van der Waals surface area contributed by atoms with Crippen molar-refractivity contribution >= 4 is 15.9 Å². The molecule has 0 fully saturated rings. The highest BCUT2D eigenvalue weighted by molar-refractivity contribution is 9.10. The zero-order chi connectivity index (χ0) is 13.3. The number of halogens is 3. The van der Waals surface area contributed by atoms with E-state index >= 15 is 0 Å². The first kappa shape index (κ1) is 13.2. The predicted molar refractivity (Wildman–Crippen MR) is 67.0 cm³/mol. The molecule has 2 aromatic rings. The van der Waals surface area contributed by atoms with Crippen molar-refractivity contribution in [1.82, 2.24) is 9.55 Å². The molecule has 0 bridgehead atoms. The zero-order valence-electron chi connectivity index (χ0n) is 9.62. The van der Waals surface area contributed by atoms with Gasteiger partial charge in [-0.1, -0.05) is 0 Å². The molecule has 3 nitrogen and oxygen atoms in total. The lowest BCUT2D eigenvalue weighted by Crippen LogP contribution is -2.00. The van der Waals surface area contributed by atoms with Crippen molar-refractivity contribution in [3.05, 3.63) is 40.3 Å². The first-order chi connectivity index (χ1) is 8.54. The summed E-state index contributed by atoms with van der Waals surface area (Å²) in [6.45, 7) is -0.0391. The zero-order valence-corrected chi connectivity index (χ0v) is 11.2. The van der Waals surface area contributed by atoms with Crippen molar-refractivity contribution in [3.8, 4) is 11.3 Å². The fourth-order valence-corrected chi connectivity index (χ4v) is 2.21. The molecule has 0 aliphatic heterocycles. The number of aromatic nitrogens is 2. The standard InChI is InChI=1S/C12H11BrF2N2O/c1-17-10(4-5-18)16-11(12(17)13)8-3-2-7(14)6-9(8)15/h2-3,6,18H,4-5H2,1H3. The van der Waals surface area contributed by atoms with Gasteiger partial charge >= 0.3 is 0 Å². The number of rotatable bonds is 3. The summed E-state index contributed by atoms with van der Waals surface area (Å²) in [5.74, 6) is -0.661. The second-order valence-corrected chi connectivity index (χ2v) is 4.58. The smallest absolute Gasteiger partial charge is 0.135 e. The minimum Gasteiger partial charge on any atom is -0.396 e. The molecule has 96 valence electrons. The van der Waals surface area contributed by atoms with E-state index in [4.69, 9.17) is 5.11 Å². The third-order valence-corrected chi connectivity index (χ3v) is 3.55. The van der Waals surface area contributed by atoms with Gasteiger partial charge in [-0.3, -0.25) is 0 Å². The van der Waals surface area contributed by atoms with Crippen LogP contribution in [0.15, 0.2) is 22.8 Å². The lowest BCUT2D eigenvalue weighted by atomic mass is 10.1. The summed E-state index contributed by atoms with van der Waals surface area (Å²) in [5, 5.41) is 8.91. The van der Waals surface area contributed by atoms with Crippen LogP contribution >= 0.6 is 15.9 Å². The third-order valence-electron chi connectivity index (χ3n) is 2.64. The molecule has 0 saturated carbocycles. The number of nitrogens with zero attached hydrogens (tertiary/aromatic N) is 2. The monoisotopic (exact) mass is 316 g/mol. The fraction of sp³-hybridized carbons (Fsp3) is 0.250. The minimum absolute atomic E-state index is 0.0391. The van der Waals surface area contributed by atoms with Crippen LogP contribution in [-0.4, -0.2) is 21.3 Å². The third kappa shape index (κ3) is 2.30. The second kappa shape index (κ2) is 5.16. The Morgan fingerprint density at radius 3 is 2.72 bits per heavy atom. The van der Waals surface area contributed by atoms with Gasteiger partial charge in [-0.2, -0.15) is 0 Å². The van der Waals surface area contributed by atoms with Crippen molar-refractivity contribution < 1.29 is 13.9 Å². The van der Waals surface area contributed by atoms with Crippen LogP contribution in [0.2, 0.25) is 0 Å². The Morgan fingerprint density at radius 1 is 1.39 bits per heavy atom. The highest BCUT2D eigenvalue weighted by Crippen LogP contribution is 2.30. The molecule has 1 aromatic heterocycles. The largest absolute Gasteiger partial charge is 0.396 e. The molecule has 0 spiro atoms. The van der Waals surface area contributed by atoms with Crippen molar-refractivity contribution in [2.24, 2.45) is 7.05 Å². The van der Waals surface area contributed by atoms with Gasteiger partial charge in [0.25, 0.3) is 0 Å². The predicted octanol–water partition coefficient (Wildman–Crippen LogP) is 2.66. The molecule has 18 heavy (non-hydrogen) atoms. The van der Waals surface area contributed by atoms with E-state index in [2.05, 4.69) is 20.9 Å². The summed E-state index contributed by atoms with van der Waals surface area (Å²) in [5.41, 5.74) is 0.626. The van der Waals surface area contributed by atoms with Crippen LogP contribution < -0.4 is 0 Å². The Kier molecular flexibility index (Phi) is 3.77. The maximum absolute atomic E-state index is 13.7. The van der Waals surface area contributed by atoms with Gasteiger partial charge in [0.05, 0.1) is 6.61 Å². The Balaban J connectivity index is 2.53. The number of aliphatic hydroxyl groups is 1. The maximum Gasteiger partial charge on any atom is 0.135 e. The van der Waals surface area contributed by atoms with Crippen molar-refractivity contribution in [2.75, 3.05) is 6.61 Å². The van der Waals surface area contributed by atoms with Crippen LogP contribution in [0, 0.1) is 11.6 Å². The Hall–Kier alpha value is -1.27. The summed E-state index contributed by atoms with van der Waals surface area (Å²) >= 11 is 3.32. The maximum atomic E-state index is 13.7. The first-order valence-electron chi connectivity index (χ1n) is 5.32. The van der Waals surface area contributed by atoms with Gasteiger partial charge < -0.3 is 9.67 Å². The van der Waals surface area contributed by atoms with Gasteiger partial charge in [0.2, 0.25) is 0 Å². The molecule has 0 aliphatic rings. The summed E-state index contributed by atoms with van der Waals surface area (Å²) in [6.07, 6.45) is 0.373. The second-order valence-electron chi connectivity index (χ2n) is 3.82. The Bertz CT molecular complexity index is 584. The van der Waals surface area contributed by atoms with Crippen LogP contribution in [0.3, 0.4) is 0 Å². The average Bonchev–Trinajstić information content (AvgIpc) is 2.58. The number of hydrogen-bond acceptors (Lipinski definition) is 2. The normalized spacial score (nSPS) is 10.9. The molecule has 0 atom stereocenters. The Morgan fingerprint density at radius 2 is 2.11 bits per heavy atom. The summed E-state index contributed by atoms with van der Waals surface area (Å²) in [7, 11) is 1.76. The summed E-state index contributed by atoms with van der Waals surface area (Å²) in [4.78, 5) is 4.25. The van der Waals surface area contributed by atoms with E-state index in [0.29, 0.717) is 22.5 Å². The quantitative estimate of drug-likeness (QED) is 0.945. The molecule has 1 heterocycles. The molecule has 0 amide bonds. The van der Waals surface area contributed by atoms with Gasteiger partial charge in [0, 0.05) is 25.1 Å². The van der Waals surface area contributed by atoms with E-state index in [0.717, 1.165) is 6.07 Å². The van der Waals surface area contributed by atoms with E-state index in [9.17, 15) is 8.78 Å². The van der Waals surface area contributed by atoms with Gasteiger partial charge in [0.15, 0.2) is 0 Å². The van der Waals surface area contributed by atoms with Gasteiger partial charge in [-0.25, -0.2) is 13.8 Å².